The number of fused-ring (bicyclic) bond motifs is 2. The molecule has 2 heterocycles. The second kappa shape index (κ2) is 11.5. The molecule has 0 aliphatic rings. The van der Waals surface area contributed by atoms with Crippen LogP contribution in [0.3, 0.4) is 0 Å². The van der Waals surface area contributed by atoms with E-state index in [2.05, 4.69) is 105 Å². The van der Waals surface area contributed by atoms with E-state index in [9.17, 15) is 0 Å². The fraction of sp³-hybridized carbons (Fsp3) is 0. The number of benzene rings is 6. The van der Waals surface area contributed by atoms with Crippen LogP contribution < -0.4 is 4.74 Å². The van der Waals surface area contributed by atoms with Crippen molar-refractivity contribution < 1.29 is 4.74 Å². The lowest BCUT2D eigenvalue weighted by Gasteiger charge is -2.15. The summed E-state index contributed by atoms with van der Waals surface area (Å²) >= 11 is 0. The van der Waals surface area contributed by atoms with E-state index in [0.717, 1.165) is 77.8 Å². The maximum atomic E-state index is 6.86. The molecule has 2 aromatic heterocycles. The van der Waals surface area contributed by atoms with Gasteiger partial charge < -0.3 is 4.74 Å². The van der Waals surface area contributed by atoms with Gasteiger partial charge >= 0.3 is 0 Å². The molecule has 0 bridgehead atoms. The fourth-order valence-corrected chi connectivity index (χ4v) is 5.73. The highest BCUT2D eigenvalue weighted by Crippen LogP contribution is 2.40. The molecule has 5 heteroatoms. The number of rotatable bonds is 6. The smallest absolute Gasteiger partial charge is 0.135 e. The number of hydrogen-bond donors (Lipinski definition) is 0. The Morgan fingerprint density at radius 1 is 0.356 bits per heavy atom. The van der Waals surface area contributed by atoms with Crippen LogP contribution in [0, 0.1) is 0 Å². The zero-order valence-electron chi connectivity index (χ0n) is 24.2. The van der Waals surface area contributed by atoms with Crippen molar-refractivity contribution in [3.63, 3.8) is 0 Å². The van der Waals surface area contributed by atoms with Gasteiger partial charge in [0, 0.05) is 33.0 Å². The van der Waals surface area contributed by atoms with Crippen molar-refractivity contribution in [1.29, 1.82) is 0 Å². The first kappa shape index (κ1) is 26.4. The van der Waals surface area contributed by atoms with Crippen LogP contribution in [0.4, 0.5) is 0 Å². The van der Waals surface area contributed by atoms with Gasteiger partial charge in [0.2, 0.25) is 0 Å². The number of hydrogen-bond acceptors (Lipinski definition) is 5. The van der Waals surface area contributed by atoms with Gasteiger partial charge in [-0.05, 0) is 58.3 Å². The van der Waals surface area contributed by atoms with Gasteiger partial charge in [0.05, 0.1) is 23.8 Å². The quantitative estimate of drug-likeness (QED) is 0.196. The van der Waals surface area contributed by atoms with Gasteiger partial charge in [-0.15, -0.1) is 0 Å². The van der Waals surface area contributed by atoms with Crippen LogP contribution in [0.2, 0.25) is 0 Å². The maximum absolute atomic E-state index is 6.86. The molecule has 8 rings (SSSR count). The molecule has 0 spiro atoms. The van der Waals surface area contributed by atoms with Crippen molar-refractivity contribution in [2.75, 3.05) is 0 Å². The summed E-state index contributed by atoms with van der Waals surface area (Å²) in [5.74, 6) is 1.47. The average molecular weight is 579 g/mol. The van der Waals surface area contributed by atoms with Gasteiger partial charge in [-0.2, -0.15) is 20.4 Å². The molecular formula is C40H26N4O. The first-order chi connectivity index (χ1) is 22.3. The molecule has 8 aromatic rings. The molecule has 0 amide bonds. The predicted molar refractivity (Wildman–Crippen MR) is 181 cm³/mol. The molecule has 5 nitrogen and oxygen atoms in total. The van der Waals surface area contributed by atoms with E-state index in [-0.39, 0.29) is 0 Å². The Balaban J connectivity index is 1.25. The summed E-state index contributed by atoms with van der Waals surface area (Å²) in [6.07, 6.45) is 3.59. The van der Waals surface area contributed by atoms with Gasteiger partial charge in [-0.3, -0.25) is 0 Å². The lowest BCUT2D eigenvalue weighted by Crippen LogP contribution is -1.94. The Labute approximate surface area is 260 Å². The predicted octanol–water partition coefficient (Wildman–Crippen LogP) is 10.0. The third-order valence-corrected chi connectivity index (χ3v) is 7.98. The van der Waals surface area contributed by atoms with E-state index in [0.29, 0.717) is 0 Å². The third-order valence-electron chi connectivity index (χ3n) is 7.98. The van der Waals surface area contributed by atoms with Crippen molar-refractivity contribution in [3.05, 3.63) is 158 Å². The Kier molecular flexibility index (Phi) is 6.74. The highest BCUT2D eigenvalue weighted by atomic mass is 16.5. The normalized spacial score (nSPS) is 11.1. The Morgan fingerprint density at radius 2 is 0.778 bits per heavy atom. The minimum absolute atomic E-state index is 0.737. The molecule has 0 aliphatic heterocycles. The van der Waals surface area contributed by atoms with Gasteiger partial charge in [0.1, 0.15) is 11.5 Å². The second-order valence-electron chi connectivity index (χ2n) is 10.9. The van der Waals surface area contributed by atoms with E-state index in [1.165, 1.54) is 0 Å². The van der Waals surface area contributed by atoms with Crippen LogP contribution in [0.15, 0.2) is 158 Å². The zero-order valence-corrected chi connectivity index (χ0v) is 24.2. The number of aromatic nitrogens is 4. The fourth-order valence-electron chi connectivity index (χ4n) is 5.73. The summed E-state index contributed by atoms with van der Waals surface area (Å²) in [5.41, 5.74) is 7.61. The molecule has 0 N–H and O–H groups in total. The molecule has 0 saturated carbocycles. The second-order valence-corrected chi connectivity index (χ2v) is 10.9. The van der Waals surface area contributed by atoms with Crippen molar-refractivity contribution in [1.82, 2.24) is 20.4 Å². The SMILES string of the molecule is c1ccc(-c2cnnc(-c3cc(Oc4cc(-c5cc(-c6ccccc6)cnn5)cc5ccccc45)c4ccccc4c3)c2)cc1. The van der Waals surface area contributed by atoms with Crippen molar-refractivity contribution in [3.8, 4) is 56.3 Å². The lowest BCUT2D eigenvalue weighted by molar-refractivity contribution is 0.494. The minimum Gasteiger partial charge on any atom is -0.456 e. The van der Waals surface area contributed by atoms with E-state index < -0.39 is 0 Å². The highest BCUT2D eigenvalue weighted by Gasteiger charge is 2.14. The molecule has 0 radical (unpaired) electrons. The van der Waals surface area contributed by atoms with Crippen LogP contribution in [0.25, 0.3) is 66.3 Å². The lowest BCUT2D eigenvalue weighted by atomic mass is 10.0. The van der Waals surface area contributed by atoms with Gasteiger partial charge in [-0.1, -0.05) is 109 Å². The van der Waals surface area contributed by atoms with Gasteiger partial charge in [0.25, 0.3) is 0 Å². The van der Waals surface area contributed by atoms with Gasteiger partial charge in [-0.25, -0.2) is 0 Å². The molecule has 0 saturated heterocycles. The van der Waals surface area contributed by atoms with Crippen molar-refractivity contribution >= 4 is 21.5 Å². The average Bonchev–Trinajstić information content (AvgIpc) is 3.12. The van der Waals surface area contributed by atoms with E-state index in [1.54, 1.807) is 12.4 Å². The summed E-state index contributed by atoms with van der Waals surface area (Å²) < 4.78 is 6.86. The first-order valence-corrected chi connectivity index (χ1v) is 14.8. The van der Waals surface area contributed by atoms with E-state index >= 15 is 0 Å². The van der Waals surface area contributed by atoms with Crippen LogP contribution in [0.5, 0.6) is 11.5 Å². The maximum Gasteiger partial charge on any atom is 0.135 e. The molecule has 45 heavy (non-hydrogen) atoms. The molecule has 0 unspecified atom stereocenters. The number of nitrogens with zero attached hydrogens (tertiary/aromatic N) is 4. The summed E-state index contributed by atoms with van der Waals surface area (Å²) in [6, 6.07) is 49.5. The summed E-state index contributed by atoms with van der Waals surface area (Å²) in [5, 5.41) is 21.8. The molecule has 0 aliphatic carbocycles. The van der Waals surface area contributed by atoms with Crippen molar-refractivity contribution in [2.45, 2.75) is 0 Å². The Hall–Kier alpha value is -6.20. The number of ether oxygens (including phenoxy) is 1. The molecular weight excluding hydrogens is 552 g/mol. The van der Waals surface area contributed by atoms with Crippen LogP contribution >= 0.6 is 0 Å². The largest absolute Gasteiger partial charge is 0.456 e. The third kappa shape index (κ3) is 5.28. The van der Waals surface area contributed by atoms with Gasteiger partial charge in [0.15, 0.2) is 0 Å². The van der Waals surface area contributed by atoms with E-state index in [4.69, 9.17) is 4.74 Å². The Morgan fingerprint density at radius 3 is 1.24 bits per heavy atom. The summed E-state index contributed by atoms with van der Waals surface area (Å²) in [6.45, 7) is 0. The summed E-state index contributed by atoms with van der Waals surface area (Å²) in [4.78, 5) is 0. The molecule has 6 aromatic carbocycles. The zero-order chi connectivity index (χ0) is 30.0. The topological polar surface area (TPSA) is 60.8 Å². The molecule has 212 valence electrons. The van der Waals surface area contributed by atoms with Crippen molar-refractivity contribution in [2.24, 2.45) is 0 Å². The minimum atomic E-state index is 0.737. The highest BCUT2D eigenvalue weighted by molar-refractivity contribution is 5.96. The van der Waals surface area contributed by atoms with Crippen LogP contribution in [0.1, 0.15) is 0 Å². The van der Waals surface area contributed by atoms with Crippen LogP contribution in [-0.2, 0) is 0 Å². The first-order valence-electron chi connectivity index (χ1n) is 14.8. The molecule has 0 fully saturated rings. The summed E-state index contributed by atoms with van der Waals surface area (Å²) in [7, 11) is 0. The van der Waals surface area contributed by atoms with E-state index in [1.807, 2.05) is 60.7 Å². The standard InChI is InChI=1S/C40H26N4O/c1-3-11-27(12-4-1)33-21-37(43-41-25-33)31-19-29-15-7-9-17-35(29)39(23-31)45-40-24-32(20-30-16-8-10-18-36(30)40)38-22-34(26-42-44-38)28-13-5-2-6-14-28/h1-26H. The Bertz CT molecular complexity index is 2140. The van der Waals surface area contributed by atoms with Crippen LogP contribution in [-0.4, -0.2) is 20.4 Å². The molecule has 0 atom stereocenters. The monoisotopic (exact) mass is 578 g/mol.